The molecule has 1 aromatic heterocycles. The van der Waals surface area contributed by atoms with Crippen molar-refractivity contribution >= 4 is 5.82 Å². The first kappa shape index (κ1) is 14.9. The fourth-order valence-electron chi connectivity index (χ4n) is 1.62. The molecule has 5 nitrogen and oxygen atoms in total. The van der Waals surface area contributed by atoms with Gasteiger partial charge in [0.25, 0.3) is 5.88 Å². The summed E-state index contributed by atoms with van der Waals surface area (Å²) in [5.41, 5.74) is -0.750. The molecule has 1 heterocycles. The van der Waals surface area contributed by atoms with Crippen molar-refractivity contribution in [3.05, 3.63) is 36.2 Å². The van der Waals surface area contributed by atoms with E-state index < -0.39 is 11.7 Å². The van der Waals surface area contributed by atoms with Gasteiger partial charge in [-0.3, -0.25) is 0 Å². The molecule has 21 heavy (non-hydrogen) atoms. The number of halogens is 3. The Kier molecular flexibility index (Phi) is 4.15. The molecule has 0 atom stereocenters. The zero-order valence-electron chi connectivity index (χ0n) is 11.2. The number of ether oxygens (including phenoxy) is 2. The minimum atomic E-state index is -4.38. The van der Waals surface area contributed by atoms with E-state index in [1.165, 1.54) is 25.6 Å². The maximum absolute atomic E-state index is 12.5. The van der Waals surface area contributed by atoms with Crippen LogP contribution in [0.5, 0.6) is 17.4 Å². The van der Waals surface area contributed by atoms with Crippen molar-refractivity contribution in [1.82, 2.24) is 9.97 Å². The predicted octanol–water partition coefficient (Wildman–Crippen LogP) is 3.34. The van der Waals surface area contributed by atoms with E-state index in [1.54, 1.807) is 7.05 Å². The van der Waals surface area contributed by atoms with Gasteiger partial charge in [0.05, 0.1) is 12.7 Å². The molecular weight excluding hydrogens is 287 g/mol. The number of hydrogen-bond donors (Lipinski definition) is 1. The highest BCUT2D eigenvalue weighted by atomic mass is 19.4. The van der Waals surface area contributed by atoms with Crippen LogP contribution in [0.25, 0.3) is 0 Å². The van der Waals surface area contributed by atoms with Gasteiger partial charge in [-0.05, 0) is 24.3 Å². The number of anilines is 1. The maximum Gasteiger partial charge on any atom is 0.416 e. The number of rotatable bonds is 4. The fraction of sp³-hybridized carbons (Fsp3) is 0.231. The van der Waals surface area contributed by atoms with Crippen LogP contribution in [0.1, 0.15) is 5.56 Å². The molecule has 8 heteroatoms. The van der Waals surface area contributed by atoms with Crippen molar-refractivity contribution in [2.75, 3.05) is 19.5 Å². The second-order valence-electron chi connectivity index (χ2n) is 3.93. The standard InChI is InChI=1S/C13H12F3N3O2/c1-17-11-10(20-2)12(19-7-18-11)21-9-5-3-8(4-6-9)13(14,15)16/h3-7H,1-2H3,(H,17,18,19). The monoisotopic (exact) mass is 299 g/mol. The number of benzene rings is 1. The topological polar surface area (TPSA) is 56.3 Å². The average Bonchev–Trinajstić information content (AvgIpc) is 2.46. The van der Waals surface area contributed by atoms with E-state index in [2.05, 4.69) is 15.3 Å². The number of methoxy groups -OCH3 is 1. The van der Waals surface area contributed by atoms with E-state index >= 15 is 0 Å². The molecule has 112 valence electrons. The highest BCUT2D eigenvalue weighted by molar-refractivity contribution is 5.55. The summed E-state index contributed by atoms with van der Waals surface area (Å²) >= 11 is 0. The fourth-order valence-corrected chi connectivity index (χ4v) is 1.62. The van der Waals surface area contributed by atoms with Gasteiger partial charge in [-0.15, -0.1) is 0 Å². The highest BCUT2D eigenvalue weighted by Crippen LogP contribution is 2.35. The van der Waals surface area contributed by atoms with Crippen LogP contribution in [0.4, 0.5) is 19.0 Å². The minimum absolute atomic E-state index is 0.108. The maximum atomic E-state index is 12.5. The van der Waals surface area contributed by atoms with Crippen molar-refractivity contribution in [3.63, 3.8) is 0 Å². The lowest BCUT2D eigenvalue weighted by molar-refractivity contribution is -0.137. The summed E-state index contributed by atoms with van der Waals surface area (Å²) in [6.07, 6.45) is -3.13. The van der Waals surface area contributed by atoms with Gasteiger partial charge in [0.15, 0.2) is 5.82 Å². The van der Waals surface area contributed by atoms with Gasteiger partial charge >= 0.3 is 6.18 Å². The first-order valence-electron chi connectivity index (χ1n) is 5.87. The third-order valence-electron chi connectivity index (χ3n) is 2.61. The first-order chi connectivity index (χ1) is 9.95. The van der Waals surface area contributed by atoms with Crippen LogP contribution in [-0.4, -0.2) is 24.1 Å². The summed E-state index contributed by atoms with van der Waals surface area (Å²) in [6, 6.07) is 4.29. The van der Waals surface area contributed by atoms with E-state index in [9.17, 15) is 13.2 Å². The third-order valence-corrected chi connectivity index (χ3v) is 2.61. The van der Waals surface area contributed by atoms with E-state index in [-0.39, 0.29) is 17.4 Å². The second-order valence-corrected chi connectivity index (χ2v) is 3.93. The Labute approximate surface area is 118 Å². The van der Waals surface area contributed by atoms with E-state index in [0.29, 0.717) is 5.82 Å². The summed E-state index contributed by atoms with van der Waals surface area (Å²) < 4.78 is 48.0. The molecule has 0 spiro atoms. The molecule has 0 saturated heterocycles. The molecule has 1 N–H and O–H groups in total. The Morgan fingerprint density at radius 3 is 2.29 bits per heavy atom. The van der Waals surface area contributed by atoms with Crippen LogP contribution in [0.2, 0.25) is 0 Å². The molecule has 0 amide bonds. The van der Waals surface area contributed by atoms with Crippen molar-refractivity contribution in [2.45, 2.75) is 6.18 Å². The van der Waals surface area contributed by atoms with Gasteiger partial charge in [0.1, 0.15) is 12.1 Å². The van der Waals surface area contributed by atoms with Crippen LogP contribution >= 0.6 is 0 Å². The summed E-state index contributed by atoms with van der Waals surface area (Å²) in [5.74, 6) is 0.993. The molecule has 0 aliphatic carbocycles. The molecule has 2 rings (SSSR count). The van der Waals surface area contributed by atoms with Crippen LogP contribution < -0.4 is 14.8 Å². The molecule has 0 unspecified atom stereocenters. The molecule has 0 aliphatic rings. The second kappa shape index (κ2) is 5.86. The lowest BCUT2D eigenvalue weighted by Crippen LogP contribution is -2.04. The largest absolute Gasteiger partial charge is 0.489 e. The summed E-state index contributed by atoms with van der Waals surface area (Å²) in [4.78, 5) is 7.84. The Balaban J connectivity index is 2.26. The van der Waals surface area contributed by atoms with Crippen molar-refractivity contribution < 1.29 is 22.6 Å². The lowest BCUT2D eigenvalue weighted by Gasteiger charge is -2.12. The van der Waals surface area contributed by atoms with Crippen molar-refractivity contribution in [3.8, 4) is 17.4 Å². The predicted molar refractivity (Wildman–Crippen MR) is 69.6 cm³/mol. The number of alkyl halides is 3. The zero-order valence-corrected chi connectivity index (χ0v) is 11.2. The van der Waals surface area contributed by atoms with Crippen LogP contribution in [0.3, 0.4) is 0 Å². The molecule has 2 aromatic rings. The Bertz CT molecular complexity index is 615. The lowest BCUT2D eigenvalue weighted by atomic mass is 10.2. The molecular formula is C13H12F3N3O2. The van der Waals surface area contributed by atoms with Gasteiger partial charge in [-0.25, -0.2) is 4.98 Å². The van der Waals surface area contributed by atoms with E-state index in [0.717, 1.165) is 12.1 Å². The number of nitrogens with zero attached hydrogens (tertiary/aromatic N) is 2. The minimum Gasteiger partial charge on any atom is -0.489 e. The van der Waals surface area contributed by atoms with Crippen LogP contribution in [0.15, 0.2) is 30.6 Å². The molecule has 0 radical (unpaired) electrons. The van der Waals surface area contributed by atoms with E-state index in [1.807, 2.05) is 0 Å². The quantitative estimate of drug-likeness (QED) is 0.938. The smallest absolute Gasteiger partial charge is 0.416 e. The number of hydrogen-bond acceptors (Lipinski definition) is 5. The Morgan fingerprint density at radius 1 is 1.10 bits per heavy atom. The molecule has 0 bridgehead atoms. The third kappa shape index (κ3) is 3.33. The summed E-state index contributed by atoms with van der Waals surface area (Å²) in [6.45, 7) is 0. The number of aromatic nitrogens is 2. The Hall–Kier alpha value is -2.51. The zero-order chi connectivity index (χ0) is 15.5. The normalized spacial score (nSPS) is 11.1. The van der Waals surface area contributed by atoms with Gasteiger partial charge in [-0.1, -0.05) is 0 Å². The van der Waals surface area contributed by atoms with Gasteiger partial charge in [0, 0.05) is 7.05 Å². The average molecular weight is 299 g/mol. The Morgan fingerprint density at radius 2 is 1.76 bits per heavy atom. The van der Waals surface area contributed by atoms with Gasteiger partial charge < -0.3 is 14.8 Å². The number of nitrogens with one attached hydrogen (secondary N) is 1. The van der Waals surface area contributed by atoms with Crippen LogP contribution in [-0.2, 0) is 6.18 Å². The summed E-state index contributed by atoms with van der Waals surface area (Å²) in [5, 5.41) is 2.80. The SMILES string of the molecule is CNc1ncnc(Oc2ccc(C(F)(F)F)cc2)c1OC. The summed E-state index contributed by atoms with van der Waals surface area (Å²) in [7, 11) is 3.06. The van der Waals surface area contributed by atoms with Crippen LogP contribution in [0, 0.1) is 0 Å². The molecule has 1 aromatic carbocycles. The van der Waals surface area contributed by atoms with Crippen molar-refractivity contribution in [2.24, 2.45) is 0 Å². The highest BCUT2D eigenvalue weighted by Gasteiger charge is 2.30. The van der Waals surface area contributed by atoms with E-state index in [4.69, 9.17) is 9.47 Å². The van der Waals surface area contributed by atoms with Gasteiger partial charge in [0.2, 0.25) is 5.75 Å². The molecule has 0 fully saturated rings. The molecule has 0 saturated carbocycles. The van der Waals surface area contributed by atoms with Gasteiger partial charge in [-0.2, -0.15) is 18.2 Å². The van der Waals surface area contributed by atoms with Crippen molar-refractivity contribution in [1.29, 1.82) is 0 Å². The molecule has 0 aliphatic heterocycles. The first-order valence-corrected chi connectivity index (χ1v) is 5.87.